The van der Waals surface area contributed by atoms with Gasteiger partial charge < -0.3 is 9.64 Å². The van der Waals surface area contributed by atoms with Gasteiger partial charge in [0.1, 0.15) is 11.4 Å². The van der Waals surface area contributed by atoms with E-state index in [-0.39, 0.29) is 11.7 Å². The molecule has 0 saturated carbocycles. The zero-order valence-electron chi connectivity index (χ0n) is 17.1. The molecule has 1 spiro atoms. The molecule has 2 amide bonds. The maximum Gasteiger partial charge on any atom is 0.417 e. The van der Waals surface area contributed by atoms with Crippen LogP contribution in [-0.2, 0) is 15.7 Å². The van der Waals surface area contributed by atoms with Crippen LogP contribution in [0.4, 0.5) is 23.8 Å². The van der Waals surface area contributed by atoms with E-state index < -0.39 is 28.8 Å². The fraction of sp³-hybridized carbons (Fsp3) is 0.650. The Hall–Kier alpha value is -2.32. The van der Waals surface area contributed by atoms with Crippen molar-refractivity contribution in [1.29, 1.82) is 0 Å². The summed E-state index contributed by atoms with van der Waals surface area (Å²) in [5.41, 5.74) is -1.70. The minimum Gasteiger partial charge on any atom is -0.444 e. The Labute approximate surface area is 168 Å². The van der Waals surface area contributed by atoms with Gasteiger partial charge in [-0.05, 0) is 58.6 Å². The van der Waals surface area contributed by atoms with E-state index in [1.165, 1.54) is 11.8 Å². The molecule has 0 atom stereocenters. The SMILES string of the molecule is Cc1cc(C(F)(F)F)cnc1N1CCC2(CCN(C(=O)OC(C)(C)C)CC2)C1=O. The first-order valence-corrected chi connectivity index (χ1v) is 9.66. The van der Waals surface area contributed by atoms with Crippen LogP contribution in [0.5, 0.6) is 0 Å². The highest BCUT2D eigenvalue weighted by atomic mass is 19.4. The van der Waals surface area contributed by atoms with E-state index in [2.05, 4.69) is 4.98 Å². The van der Waals surface area contributed by atoms with Crippen LogP contribution < -0.4 is 4.90 Å². The smallest absolute Gasteiger partial charge is 0.417 e. The topological polar surface area (TPSA) is 62.7 Å². The predicted octanol–water partition coefficient (Wildman–Crippen LogP) is 4.16. The molecule has 0 aliphatic carbocycles. The largest absolute Gasteiger partial charge is 0.444 e. The van der Waals surface area contributed by atoms with Crippen molar-refractivity contribution in [3.05, 3.63) is 23.4 Å². The number of aryl methyl sites for hydroxylation is 1. The second kappa shape index (κ2) is 7.18. The summed E-state index contributed by atoms with van der Waals surface area (Å²) in [7, 11) is 0. The number of hydrogen-bond acceptors (Lipinski definition) is 4. The summed E-state index contributed by atoms with van der Waals surface area (Å²) in [6.45, 7) is 8.16. The van der Waals surface area contributed by atoms with Crippen LogP contribution in [0, 0.1) is 12.3 Å². The maximum atomic E-state index is 13.2. The lowest BCUT2D eigenvalue weighted by atomic mass is 9.77. The van der Waals surface area contributed by atoms with Crippen LogP contribution in [-0.4, -0.2) is 47.1 Å². The molecule has 0 radical (unpaired) electrons. The molecule has 160 valence electrons. The molecule has 1 aromatic rings. The van der Waals surface area contributed by atoms with Gasteiger partial charge in [0.05, 0.1) is 11.0 Å². The van der Waals surface area contributed by atoms with Crippen LogP contribution in [0.2, 0.25) is 0 Å². The van der Waals surface area contributed by atoms with Gasteiger partial charge in [-0.15, -0.1) is 0 Å². The standard InChI is InChI=1S/C20H26F3N3O3/c1-13-11-14(20(21,22)23)12-24-15(13)26-10-7-19(16(26)27)5-8-25(9-6-19)17(28)29-18(2,3)4/h11-12H,5-10H2,1-4H3. The van der Waals surface area contributed by atoms with Crippen molar-refractivity contribution in [2.24, 2.45) is 5.41 Å². The molecule has 0 unspecified atom stereocenters. The van der Waals surface area contributed by atoms with Crippen molar-refractivity contribution in [1.82, 2.24) is 9.88 Å². The normalized spacial score (nSPS) is 19.8. The number of anilines is 1. The first-order valence-electron chi connectivity index (χ1n) is 9.66. The minimum atomic E-state index is -4.47. The molecule has 3 rings (SSSR count). The second-order valence-electron chi connectivity index (χ2n) is 8.82. The van der Waals surface area contributed by atoms with Gasteiger partial charge in [0, 0.05) is 25.8 Å². The van der Waals surface area contributed by atoms with Gasteiger partial charge in [-0.25, -0.2) is 9.78 Å². The number of carbonyl (C=O) groups is 2. The Bertz CT molecular complexity index is 809. The van der Waals surface area contributed by atoms with Crippen molar-refractivity contribution in [3.63, 3.8) is 0 Å². The van der Waals surface area contributed by atoms with Gasteiger partial charge in [-0.3, -0.25) is 9.69 Å². The van der Waals surface area contributed by atoms with Crippen molar-refractivity contribution >= 4 is 17.8 Å². The van der Waals surface area contributed by atoms with Crippen LogP contribution in [0.3, 0.4) is 0 Å². The Morgan fingerprint density at radius 1 is 1.14 bits per heavy atom. The predicted molar refractivity (Wildman–Crippen MR) is 100 cm³/mol. The van der Waals surface area contributed by atoms with E-state index in [9.17, 15) is 22.8 Å². The van der Waals surface area contributed by atoms with Gasteiger partial charge in [0.2, 0.25) is 5.91 Å². The molecular formula is C20H26F3N3O3. The maximum absolute atomic E-state index is 13.2. The molecule has 0 aromatic carbocycles. The number of halogens is 3. The van der Waals surface area contributed by atoms with E-state index in [4.69, 9.17) is 4.74 Å². The Morgan fingerprint density at radius 2 is 1.72 bits per heavy atom. The highest BCUT2D eigenvalue weighted by Crippen LogP contribution is 2.44. The van der Waals surface area contributed by atoms with E-state index in [0.29, 0.717) is 44.5 Å². The Morgan fingerprint density at radius 3 is 2.24 bits per heavy atom. The molecule has 2 fully saturated rings. The number of aromatic nitrogens is 1. The van der Waals surface area contributed by atoms with E-state index in [1.807, 2.05) is 0 Å². The molecule has 1 aromatic heterocycles. The first-order chi connectivity index (χ1) is 13.3. The van der Waals surface area contributed by atoms with Crippen LogP contribution in [0.25, 0.3) is 0 Å². The van der Waals surface area contributed by atoms with Crippen molar-refractivity contribution in [2.45, 2.75) is 58.7 Å². The molecule has 0 bridgehead atoms. The fourth-order valence-corrected chi connectivity index (χ4v) is 3.94. The summed E-state index contributed by atoms with van der Waals surface area (Å²) in [5, 5.41) is 0. The molecule has 9 heteroatoms. The average molecular weight is 413 g/mol. The minimum absolute atomic E-state index is 0.128. The molecule has 0 N–H and O–H groups in total. The summed E-state index contributed by atoms with van der Waals surface area (Å²) >= 11 is 0. The third kappa shape index (κ3) is 4.33. The highest BCUT2D eigenvalue weighted by Gasteiger charge is 2.50. The summed E-state index contributed by atoms with van der Waals surface area (Å²) in [6.07, 6.45) is -2.50. The summed E-state index contributed by atoms with van der Waals surface area (Å²) in [4.78, 5) is 32.4. The van der Waals surface area contributed by atoms with E-state index >= 15 is 0 Å². The molecule has 3 heterocycles. The lowest BCUT2D eigenvalue weighted by molar-refractivity contribution is -0.137. The van der Waals surface area contributed by atoms with Crippen molar-refractivity contribution < 1.29 is 27.5 Å². The van der Waals surface area contributed by atoms with Gasteiger partial charge in [0.25, 0.3) is 0 Å². The zero-order chi connectivity index (χ0) is 21.6. The molecular weight excluding hydrogens is 387 g/mol. The van der Waals surface area contributed by atoms with Crippen molar-refractivity contribution in [3.8, 4) is 0 Å². The Balaban J connectivity index is 1.70. The van der Waals surface area contributed by atoms with Gasteiger partial charge in [-0.1, -0.05) is 0 Å². The third-order valence-corrected chi connectivity index (χ3v) is 5.52. The highest BCUT2D eigenvalue weighted by molar-refractivity contribution is 5.99. The summed E-state index contributed by atoms with van der Waals surface area (Å²) in [6, 6.07) is 1.02. The number of piperidine rings is 1. The lowest BCUT2D eigenvalue weighted by Crippen LogP contribution is -2.48. The number of nitrogens with zero attached hydrogens (tertiary/aromatic N) is 3. The number of alkyl halides is 3. The quantitative estimate of drug-likeness (QED) is 0.694. The molecule has 2 aliphatic rings. The van der Waals surface area contributed by atoms with Crippen molar-refractivity contribution in [2.75, 3.05) is 24.5 Å². The van der Waals surface area contributed by atoms with E-state index in [1.54, 1.807) is 25.7 Å². The molecule has 2 aliphatic heterocycles. The van der Waals surface area contributed by atoms with Crippen LogP contribution in [0.15, 0.2) is 12.3 Å². The number of amides is 2. The molecule has 2 saturated heterocycles. The fourth-order valence-electron chi connectivity index (χ4n) is 3.94. The second-order valence-corrected chi connectivity index (χ2v) is 8.82. The number of likely N-dealkylation sites (tertiary alicyclic amines) is 1. The number of hydrogen-bond donors (Lipinski definition) is 0. The van der Waals surface area contributed by atoms with Gasteiger partial charge in [-0.2, -0.15) is 13.2 Å². The first kappa shape index (κ1) is 21.4. The Kier molecular flexibility index (Phi) is 5.29. The number of pyridine rings is 1. The number of carbonyl (C=O) groups excluding carboxylic acids is 2. The lowest BCUT2D eigenvalue weighted by Gasteiger charge is -2.38. The average Bonchev–Trinajstić information content (AvgIpc) is 2.90. The summed E-state index contributed by atoms with van der Waals surface area (Å²) < 4.78 is 44.0. The molecule has 29 heavy (non-hydrogen) atoms. The summed E-state index contributed by atoms with van der Waals surface area (Å²) in [5.74, 6) is 0.145. The molecule has 6 nitrogen and oxygen atoms in total. The van der Waals surface area contributed by atoms with Crippen LogP contribution >= 0.6 is 0 Å². The number of ether oxygens (including phenoxy) is 1. The zero-order valence-corrected chi connectivity index (χ0v) is 17.1. The number of rotatable bonds is 1. The monoisotopic (exact) mass is 413 g/mol. The van der Waals surface area contributed by atoms with Gasteiger partial charge in [0.15, 0.2) is 0 Å². The van der Waals surface area contributed by atoms with Gasteiger partial charge >= 0.3 is 12.3 Å². The van der Waals surface area contributed by atoms with Crippen LogP contribution in [0.1, 0.15) is 51.2 Å². The third-order valence-electron chi connectivity index (χ3n) is 5.52. The van der Waals surface area contributed by atoms with E-state index in [0.717, 1.165) is 12.3 Å².